The summed E-state index contributed by atoms with van der Waals surface area (Å²) in [5, 5.41) is 2.73. The van der Waals surface area contributed by atoms with Crippen LogP contribution in [0.25, 0.3) is 0 Å². The molecule has 0 aliphatic heterocycles. The lowest BCUT2D eigenvalue weighted by atomic mass is 9.96. The Labute approximate surface area is 125 Å². The second kappa shape index (κ2) is 7.94. The van der Waals surface area contributed by atoms with Crippen LogP contribution in [0.1, 0.15) is 30.6 Å². The SMILES string of the molecule is COc1ccc(C(=O)[C@@H](CC(C)C)NC(=O)CS)cc1. The maximum atomic E-state index is 12.5. The molecule has 1 aromatic carbocycles. The molecule has 4 nitrogen and oxygen atoms in total. The molecular formula is C15H21NO3S. The standard InChI is InChI=1S/C15H21NO3S/c1-10(2)8-13(16-14(17)9-20)15(18)11-4-6-12(19-3)7-5-11/h4-7,10,13,20H,8-9H2,1-3H3,(H,16,17)/t13-/m1/s1. The number of carbonyl (C=O) groups excluding carboxylic acids is 2. The zero-order valence-electron chi connectivity index (χ0n) is 12.1. The number of amides is 1. The first-order valence-electron chi connectivity index (χ1n) is 6.56. The van der Waals surface area contributed by atoms with Crippen LogP contribution in [0.4, 0.5) is 0 Å². The Kier molecular flexibility index (Phi) is 6.58. The van der Waals surface area contributed by atoms with Crippen molar-refractivity contribution in [2.24, 2.45) is 5.92 Å². The molecule has 5 heteroatoms. The summed E-state index contributed by atoms with van der Waals surface area (Å²) >= 11 is 3.92. The number of carbonyl (C=O) groups is 2. The number of rotatable bonds is 7. The van der Waals surface area contributed by atoms with Gasteiger partial charge in [-0.25, -0.2) is 0 Å². The molecule has 1 N–H and O–H groups in total. The van der Waals surface area contributed by atoms with Gasteiger partial charge in [-0.15, -0.1) is 0 Å². The van der Waals surface area contributed by atoms with Gasteiger partial charge in [0.15, 0.2) is 5.78 Å². The third-order valence-electron chi connectivity index (χ3n) is 2.88. The van der Waals surface area contributed by atoms with Gasteiger partial charge >= 0.3 is 0 Å². The summed E-state index contributed by atoms with van der Waals surface area (Å²) in [6, 6.07) is 6.38. The summed E-state index contributed by atoms with van der Waals surface area (Å²) in [5.74, 6) is 0.755. The van der Waals surface area contributed by atoms with Crippen LogP contribution in [0.2, 0.25) is 0 Å². The quantitative estimate of drug-likeness (QED) is 0.599. The highest BCUT2D eigenvalue weighted by Crippen LogP contribution is 2.15. The Morgan fingerprint density at radius 3 is 2.30 bits per heavy atom. The Balaban J connectivity index is 2.87. The zero-order valence-corrected chi connectivity index (χ0v) is 12.9. The zero-order chi connectivity index (χ0) is 15.1. The summed E-state index contributed by atoms with van der Waals surface area (Å²) in [6.07, 6.45) is 0.602. The van der Waals surface area contributed by atoms with Crippen molar-refractivity contribution in [3.8, 4) is 5.75 Å². The molecule has 0 aromatic heterocycles. The number of hydrogen-bond donors (Lipinski definition) is 2. The Morgan fingerprint density at radius 1 is 1.25 bits per heavy atom. The van der Waals surface area contributed by atoms with Crippen LogP contribution in [0, 0.1) is 5.92 Å². The predicted molar refractivity (Wildman–Crippen MR) is 82.6 cm³/mol. The van der Waals surface area contributed by atoms with Gasteiger partial charge in [-0.3, -0.25) is 9.59 Å². The molecule has 1 aromatic rings. The smallest absolute Gasteiger partial charge is 0.230 e. The minimum atomic E-state index is -0.511. The normalized spacial score (nSPS) is 12.1. The van der Waals surface area contributed by atoms with Crippen molar-refractivity contribution in [3.63, 3.8) is 0 Å². The number of methoxy groups -OCH3 is 1. The van der Waals surface area contributed by atoms with E-state index < -0.39 is 6.04 Å². The number of ketones is 1. The molecular weight excluding hydrogens is 274 g/mol. The van der Waals surface area contributed by atoms with Crippen LogP contribution in [0.15, 0.2) is 24.3 Å². The maximum absolute atomic E-state index is 12.5. The lowest BCUT2D eigenvalue weighted by Crippen LogP contribution is -2.42. The van der Waals surface area contributed by atoms with Crippen molar-refractivity contribution < 1.29 is 14.3 Å². The fourth-order valence-corrected chi connectivity index (χ4v) is 1.99. The van der Waals surface area contributed by atoms with Gasteiger partial charge in [0.2, 0.25) is 5.91 Å². The van der Waals surface area contributed by atoms with Gasteiger partial charge in [-0.1, -0.05) is 13.8 Å². The maximum Gasteiger partial charge on any atom is 0.230 e. The van der Waals surface area contributed by atoms with Crippen LogP contribution in [0.3, 0.4) is 0 Å². The van der Waals surface area contributed by atoms with Gasteiger partial charge in [0.25, 0.3) is 0 Å². The first kappa shape index (κ1) is 16.6. The molecule has 0 aliphatic rings. The summed E-state index contributed by atoms with van der Waals surface area (Å²) in [6.45, 7) is 4.03. The highest BCUT2D eigenvalue weighted by molar-refractivity contribution is 7.81. The number of thiol groups is 1. The average Bonchev–Trinajstić information content (AvgIpc) is 2.45. The third-order valence-corrected chi connectivity index (χ3v) is 3.16. The highest BCUT2D eigenvalue weighted by Gasteiger charge is 2.22. The molecule has 1 atom stereocenters. The van der Waals surface area contributed by atoms with Crippen molar-refractivity contribution in [1.82, 2.24) is 5.32 Å². The van der Waals surface area contributed by atoms with E-state index in [1.807, 2.05) is 13.8 Å². The van der Waals surface area contributed by atoms with E-state index in [-0.39, 0.29) is 17.4 Å². The largest absolute Gasteiger partial charge is 0.497 e. The van der Waals surface area contributed by atoms with Gasteiger partial charge in [0, 0.05) is 5.56 Å². The monoisotopic (exact) mass is 295 g/mol. The molecule has 0 fully saturated rings. The van der Waals surface area contributed by atoms with Crippen LogP contribution in [-0.4, -0.2) is 30.6 Å². The first-order chi connectivity index (χ1) is 9.47. The van der Waals surface area contributed by atoms with Crippen molar-refractivity contribution in [1.29, 1.82) is 0 Å². The van der Waals surface area contributed by atoms with Gasteiger partial charge in [0.05, 0.1) is 18.9 Å². The fourth-order valence-electron chi connectivity index (χ4n) is 1.90. The number of benzene rings is 1. The lowest BCUT2D eigenvalue weighted by Gasteiger charge is -2.19. The minimum absolute atomic E-state index is 0.0739. The van der Waals surface area contributed by atoms with E-state index in [1.165, 1.54) is 0 Å². The topological polar surface area (TPSA) is 55.4 Å². The molecule has 0 spiro atoms. The Bertz CT molecular complexity index is 457. The van der Waals surface area contributed by atoms with Crippen molar-refractivity contribution in [2.75, 3.05) is 12.9 Å². The van der Waals surface area contributed by atoms with Gasteiger partial charge in [0.1, 0.15) is 5.75 Å². The fraction of sp³-hybridized carbons (Fsp3) is 0.467. The predicted octanol–water partition coefficient (Wildman–Crippen LogP) is 2.34. The molecule has 1 amide bonds. The first-order valence-corrected chi connectivity index (χ1v) is 7.19. The number of hydrogen-bond acceptors (Lipinski definition) is 4. The van der Waals surface area contributed by atoms with Crippen LogP contribution in [-0.2, 0) is 4.79 Å². The van der Waals surface area contributed by atoms with Crippen LogP contribution >= 0.6 is 12.6 Å². The van der Waals surface area contributed by atoms with E-state index in [2.05, 4.69) is 17.9 Å². The van der Waals surface area contributed by atoms with Crippen molar-refractivity contribution >= 4 is 24.3 Å². The third kappa shape index (κ3) is 4.89. The molecule has 0 heterocycles. The molecule has 0 saturated heterocycles. The molecule has 20 heavy (non-hydrogen) atoms. The van der Waals surface area contributed by atoms with E-state index >= 15 is 0 Å². The summed E-state index contributed by atoms with van der Waals surface area (Å²) < 4.78 is 5.06. The summed E-state index contributed by atoms with van der Waals surface area (Å²) in [5.41, 5.74) is 0.566. The van der Waals surface area contributed by atoms with E-state index in [0.29, 0.717) is 23.7 Å². The second-order valence-electron chi connectivity index (χ2n) is 5.00. The van der Waals surface area contributed by atoms with Gasteiger partial charge in [-0.05, 0) is 36.6 Å². The lowest BCUT2D eigenvalue weighted by molar-refractivity contribution is -0.119. The second-order valence-corrected chi connectivity index (χ2v) is 5.32. The van der Waals surface area contributed by atoms with Crippen LogP contribution in [0.5, 0.6) is 5.75 Å². The van der Waals surface area contributed by atoms with E-state index in [1.54, 1.807) is 31.4 Å². The van der Waals surface area contributed by atoms with Gasteiger partial charge in [-0.2, -0.15) is 12.6 Å². The molecule has 1 rings (SSSR count). The summed E-state index contributed by atoms with van der Waals surface area (Å²) in [4.78, 5) is 23.9. The molecule has 110 valence electrons. The number of ether oxygens (including phenoxy) is 1. The van der Waals surface area contributed by atoms with E-state index in [4.69, 9.17) is 4.74 Å². The summed E-state index contributed by atoms with van der Waals surface area (Å²) in [7, 11) is 1.57. The highest BCUT2D eigenvalue weighted by atomic mass is 32.1. The van der Waals surface area contributed by atoms with E-state index in [9.17, 15) is 9.59 Å². The molecule has 0 aliphatic carbocycles. The molecule has 0 saturated carbocycles. The molecule has 0 radical (unpaired) electrons. The van der Waals surface area contributed by atoms with Crippen molar-refractivity contribution in [3.05, 3.63) is 29.8 Å². The van der Waals surface area contributed by atoms with Gasteiger partial charge < -0.3 is 10.1 Å². The number of nitrogens with one attached hydrogen (secondary N) is 1. The average molecular weight is 295 g/mol. The Hall–Kier alpha value is -1.49. The molecule has 0 bridgehead atoms. The number of Topliss-reactive ketones (excluding diaryl/α,β-unsaturated/α-hetero) is 1. The van der Waals surface area contributed by atoms with Crippen LogP contribution < -0.4 is 10.1 Å². The molecule has 0 unspecified atom stereocenters. The minimum Gasteiger partial charge on any atom is -0.497 e. The van der Waals surface area contributed by atoms with Crippen molar-refractivity contribution in [2.45, 2.75) is 26.3 Å². The van der Waals surface area contributed by atoms with E-state index in [0.717, 1.165) is 0 Å². The Morgan fingerprint density at radius 2 is 1.85 bits per heavy atom.